The van der Waals surface area contributed by atoms with Gasteiger partial charge in [0.25, 0.3) is 5.56 Å². The minimum absolute atomic E-state index is 0.0319. The van der Waals surface area contributed by atoms with Crippen molar-refractivity contribution in [3.05, 3.63) is 213 Å². The number of hydrogen-bond acceptors (Lipinski definition) is 15. The number of fused-ring (bicyclic) bond motifs is 3. The van der Waals surface area contributed by atoms with E-state index in [1.54, 1.807) is 4.68 Å². The molecule has 101 heavy (non-hydrogen) atoms. The molecule has 6 aromatic carbocycles. The molecule has 0 atom stereocenters. The number of rotatable bonds is 18. The van der Waals surface area contributed by atoms with Gasteiger partial charge in [-0.15, -0.1) is 20.4 Å². The minimum Gasteiger partial charge on any atom is -0.356 e. The number of nitrogens with one attached hydrogen (secondary N) is 3. The van der Waals surface area contributed by atoms with Gasteiger partial charge >= 0.3 is 0 Å². The van der Waals surface area contributed by atoms with Gasteiger partial charge in [0.15, 0.2) is 16.5 Å². The zero-order chi connectivity index (χ0) is 71.1. The second kappa shape index (κ2) is 33.8. The van der Waals surface area contributed by atoms with Crippen molar-refractivity contribution in [2.45, 2.75) is 92.9 Å². The van der Waals surface area contributed by atoms with Crippen LogP contribution in [0.2, 0.25) is 5.15 Å². The zero-order valence-corrected chi connectivity index (χ0v) is 60.5. The van der Waals surface area contributed by atoms with Crippen molar-refractivity contribution in [3.8, 4) is 50.8 Å². The van der Waals surface area contributed by atoms with E-state index in [9.17, 15) is 14.4 Å². The lowest BCUT2D eigenvalue weighted by Gasteiger charge is -2.32. The number of Topliss-reactive ketones (excluding diaryl/α,β-unsaturated/α-hetero) is 1. The third kappa shape index (κ3) is 17.5. The topological polar surface area (TPSA) is 219 Å². The number of piperidine rings is 2. The fraction of sp³-hybridized carbons (Fsp3) is 0.338. The van der Waals surface area contributed by atoms with Crippen LogP contribution in [-0.4, -0.2) is 155 Å². The molecule has 8 heterocycles. The van der Waals surface area contributed by atoms with Crippen LogP contribution >= 0.6 is 11.6 Å². The van der Waals surface area contributed by atoms with Gasteiger partial charge < -0.3 is 25.3 Å². The Morgan fingerprint density at radius 1 is 0.495 bits per heavy atom. The number of amides is 1. The highest BCUT2D eigenvalue weighted by atomic mass is 35.5. The Labute approximate surface area is 596 Å². The minimum atomic E-state index is -0.279. The highest BCUT2D eigenvalue weighted by Crippen LogP contribution is 2.37. The number of aromatic amines is 1. The molecule has 0 unspecified atom stereocenters. The van der Waals surface area contributed by atoms with E-state index < -0.39 is 0 Å². The molecule has 0 bridgehead atoms. The van der Waals surface area contributed by atoms with Crippen molar-refractivity contribution in [1.29, 1.82) is 0 Å². The summed E-state index contributed by atoms with van der Waals surface area (Å²) in [5.74, 6) is 1.84. The molecule has 14 rings (SSSR count). The standard InChI is InChI=1S/C30H37N7O.C19H15ClN4.C19H16N4O.C12H24N2O/c1-21-11-13-25(14-12-21)37-22(2)26-27(23-9-6-5-7-10-23)32-33-29(28(26)34-37)36-19-15-24(16-20-36)30(38)31-17-8-18-35(3)4;1-12-8-10-15(11-9-12)24-13(2)16-17(14-6-4-3-5-7-14)21-22-19(20)18(16)23-24;1-12-8-10-15(11-9-12)23-13(2)16-17(14-6-4-3-5-7-14)20-21-19(24)18(16)22-23;1-14(2)10-4-3-5-12(15)11-6-8-13-9-7-11/h5-7,9-14,24H,8,15-20H2,1-4H3,(H,31,38);3-11H,1-2H3;3-11H,1-2H3,(H,21,24);11,13H,3-10H2,1-2H3. The maximum Gasteiger partial charge on any atom is 0.292 e. The van der Waals surface area contributed by atoms with Crippen LogP contribution in [0, 0.1) is 53.4 Å². The van der Waals surface area contributed by atoms with Crippen LogP contribution in [0.25, 0.3) is 83.5 Å². The lowest BCUT2D eigenvalue weighted by Crippen LogP contribution is -2.41. The average molecular weight is 1380 g/mol. The second-order valence-electron chi connectivity index (χ2n) is 26.8. The third-order valence-electron chi connectivity index (χ3n) is 18.7. The summed E-state index contributed by atoms with van der Waals surface area (Å²) in [6, 6.07) is 54.6. The summed E-state index contributed by atoms with van der Waals surface area (Å²) < 4.78 is 5.69. The molecule has 0 saturated carbocycles. The predicted octanol–water partition coefficient (Wildman–Crippen LogP) is 13.8. The first kappa shape index (κ1) is 72.1. The summed E-state index contributed by atoms with van der Waals surface area (Å²) in [6.45, 7) is 18.6. The van der Waals surface area contributed by atoms with Gasteiger partial charge in [0, 0.05) is 54.6 Å². The van der Waals surface area contributed by atoms with Crippen molar-refractivity contribution in [1.82, 2.24) is 80.4 Å². The van der Waals surface area contributed by atoms with Gasteiger partial charge in [-0.05, 0) is 177 Å². The summed E-state index contributed by atoms with van der Waals surface area (Å²) in [4.78, 5) is 43.3. The van der Waals surface area contributed by atoms with E-state index in [4.69, 9.17) is 26.9 Å². The van der Waals surface area contributed by atoms with Crippen LogP contribution in [0.4, 0.5) is 5.82 Å². The maximum absolute atomic E-state index is 12.7. The first-order valence-corrected chi connectivity index (χ1v) is 35.4. The monoisotopic (exact) mass is 1370 g/mol. The molecule has 0 spiro atoms. The smallest absolute Gasteiger partial charge is 0.292 e. The number of unbranched alkanes of at least 4 members (excludes halogenated alkanes) is 1. The van der Waals surface area contributed by atoms with Gasteiger partial charge in [0.2, 0.25) is 5.91 Å². The number of H-pyrrole nitrogens is 1. The van der Waals surface area contributed by atoms with Gasteiger partial charge in [-0.2, -0.15) is 20.4 Å². The van der Waals surface area contributed by atoms with Gasteiger partial charge in [-0.25, -0.2) is 19.1 Å². The molecule has 3 N–H and O–H groups in total. The Kier molecular flexibility index (Phi) is 24.2. The van der Waals surface area contributed by atoms with Gasteiger partial charge in [0.1, 0.15) is 33.9 Å². The normalized spacial score (nSPS) is 13.4. The Balaban J connectivity index is 0.000000143. The molecule has 21 heteroatoms. The van der Waals surface area contributed by atoms with Crippen molar-refractivity contribution in [3.63, 3.8) is 0 Å². The highest BCUT2D eigenvalue weighted by Gasteiger charge is 2.30. The molecule has 2 fully saturated rings. The fourth-order valence-corrected chi connectivity index (χ4v) is 13.2. The number of anilines is 1. The van der Waals surface area contributed by atoms with E-state index in [0.717, 1.165) is 193 Å². The number of nitrogens with zero attached hydrogens (tertiary/aromatic N) is 14. The number of benzene rings is 6. The molecular formula is C80H92ClN17O3. The third-order valence-corrected chi connectivity index (χ3v) is 19.0. The summed E-state index contributed by atoms with van der Waals surface area (Å²) in [6.07, 6.45) is 7.63. The Morgan fingerprint density at radius 2 is 0.921 bits per heavy atom. The lowest BCUT2D eigenvalue weighted by molar-refractivity contribution is -0.125. The Hall–Kier alpha value is -10.1. The molecule has 0 aliphatic carbocycles. The first-order chi connectivity index (χ1) is 48.9. The van der Waals surface area contributed by atoms with Gasteiger partial charge in [0.05, 0.1) is 50.3 Å². The SMILES string of the molecule is CN(C)CCCCC(=O)C1CCNCC1.Cc1ccc(-n2nc3c(=O)[nH]nc(-c4ccccc4)c3c2C)cc1.Cc1ccc(-n2nc3c(Cl)nnc(-c4ccccc4)c3c2C)cc1.Cc1ccc(-n2nc3c(N4CCC(C(=O)NCCCN(C)C)CC4)nnc(-c4ccccc4)c3c2C)cc1. The van der Waals surface area contributed by atoms with Crippen LogP contribution in [0.5, 0.6) is 0 Å². The molecule has 2 aliphatic heterocycles. The summed E-state index contributed by atoms with van der Waals surface area (Å²) in [5.41, 5.74) is 16.4. The van der Waals surface area contributed by atoms with Crippen LogP contribution < -0.4 is 21.1 Å². The first-order valence-electron chi connectivity index (χ1n) is 35.0. The fourth-order valence-electron chi connectivity index (χ4n) is 13.0. The van der Waals surface area contributed by atoms with E-state index in [2.05, 4.69) is 153 Å². The average Bonchev–Trinajstić information content (AvgIpc) is 1.63. The molecule has 522 valence electrons. The number of aromatic nitrogens is 12. The molecule has 2 aliphatic rings. The molecule has 20 nitrogen and oxygen atoms in total. The number of aryl methyl sites for hydroxylation is 6. The van der Waals surface area contributed by atoms with Crippen molar-refractivity contribution < 1.29 is 9.59 Å². The number of carbonyl (C=O) groups excluding carboxylic acids is 2. The van der Waals surface area contributed by atoms with E-state index in [1.165, 1.54) is 16.7 Å². The molecule has 0 radical (unpaired) electrons. The molecule has 1 amide bonds. The van der Waals surface area contributed by atoms with Crippen molar-refractivity contribution >= 4 is 61.8 Å². The second-order valence-corrected chi connectivity index (χ2v) is 27.2. The number of carbonyl (C=O) groups is 2. The zero-order valence-electron chi connectivity index (χ0n) is 59.7. The van der Waals surface area contributed by atoms with Crippen LogP contribution in [0.1, 0.15) is 85.1 Å². The van der Waals surface area contributed by atoms with Gasteiger partial charge in [-0.1, -0.05) is 156 Å². The van der Waals surface area contributed by atoms with E-state index in [0.29, 0.717) is 27.9 Å². The summed E-state index contributed by atoms with van der Waals surface area (Å²) in [5, 5.41) is 48.4. The molecule has 2 saturated heterocycles. The van der Waals surface area contributed by atoms with Crippen LogP contribution in [0.3, 0.4) is 0 Å². The summed E-state index contributed by atoms with van der Waals surface area (Å²) in [7, 11) is 8.26. The van der Waals surface area contributed by atoms with Crippen LogP contribution in [0.15, 0.2) is 169 Å². The Bertz CT molecular complexity index is 4790. The molecular weight excluding hydrogens is 1280 g/mol. The van der Waals surface area contributed by atoms with Crippen molar-refractivity contribution in [2.24, 2.45) is 11.8 Å². The largest absolute Gasteiger partial charge is 0.356 e. The van der Waals surface area contributed by atoms with E-state index in [1.807, 2.05) is 145 Å². The van der Waals surface area contributed by atoms with Crippen molar-refractivity contribution in [2.75, 3.05) is 78.9 Å². The van der Waals surface area contributed by atoms with E-state index in [-0.39, 0.29) is 17.4 Å². The number of ketones is 1. The Morgan fingerprint density at radius 3 is 1.41 bits per heavy atom. The quantitative estimate of drug-likeness (QED) is 0.0681. The highest BCUT2D eigenvalue weighted by molar-refractivity contribution is 6.34. The number of halogens is 1. The number of hydrogen-bond donors (Lipinski definition) is 3. The predicted molar refractivity (Wildman–Crippen MR) is 407 cm³/mol. The summed E-state index contributed by atoms with van der Waals surface area (Å²) >= 11 is 6.27. The van der Waals surface area contributed by atoms with E-state index >= 15 is 0 Å². The molecule has 6 aromatic heterocycles. The maximum atomic E-state index is 12.7. The van der Waals surface area contributed by atoms with Gasteiger partial charge in [-0.3, -0.25) is 14.4 Å². The lowest BCUT2D eigenvalue weighted by atomic mass is 9.91. The van der Waals surface area contributed by atoms with Crippen LogP contribution in [-0.2, 0) is 9.59 Å². The molecule has 12 aromatic rings.